The van der Waals surface area contributed by atoms with Gasteiger partial charge in [-0.1, -0.05) is 41.6 Å². The van der Waals surface area contributed by atoms with Crippen LogP contribution < -0.4 is 10.1 Å². The highest BCUT2D eigenvalue weighted by molar-refractivity contribution is 7.99. The molecule has 2 aromatic rings. The van der Waals surface area contributed by atoms with Gasteiger partial charge in [0.1, 0.15) is 5.75 Å². The lowest BCUT2D eigenvalue weighted by Gasteiger charge is -2.10. The highest BCUT2D eigenvalue weighted by atomic mass is 35.5. The number of hydrogen-bond donors (Lipinski definition) is 1. The quantitative estimate of drug-likeness (QED) is 0.830. The van der Waals surface area contributed by atoms with E-state index in [0.717, 1.165) is 32.7 Å². The van der Waals surface area contributed by atoms with E-state index < -0.39 is 0 Å². The summed E-state index contributed by atoms with van der Waals surface area (Å²) < 4.78 is 5.38. The van der Waals surface area contributed by atoms with Crippen LogP contribution in [0.3, 0.4) is 0 Å². The van der Waals surface area contributed by atoms with Crippen molar-refractivity contribution in [3.8, 4) is 5.75 Å². The van der Waals surface area contributed by atoms with Gasteiger partial charge in [-0.3, -0.25) is 0 Å². The molecule has 1 N–H and O–H groups in total. The average molecular weight is 320 g/mol. The van der Waals surface area contributed by atoms with Crippen molar-refractivity contribution in [1.29, 1.82) is 0 Å². The lowest BCUT2D eigenvalue weighted by Crippen LogP contribution is -2.15. The van der Waals surface area contributed by atoms with Crippen LogP contribution in [0.15, 0.2) is 52.3 Å². The predicted octanol–water partition coefficient (Wildman–Crippen LogP) is 4.75. The largest absolute Gasteiger partial charge is 0.496 e. The molecule has 0 heterocycles. The van der Waals surface area contributed by atoms with Gasteiger partial charge in [0.05, 0.1) is 12.0 Å². The second-order valence-electron chi connectivity index (χ2n) is 5.16. The minimum absolute atomic E-state index is 0.698. The van der Waals surface area contributed by atoms with Gasteiger partial charge in [0, 0.05) is 22.5 Å². The molecule has 0 aromatic heterocycles. The summed E-state index contributed by atoms with van der Waals surface area (Å²) in [5, 5.41) is 4.31. The average Bonchev–Trinajstić information content (AvgIpc) is 3.31. The lowest BCUT2D eigenvalue weighted by molar-refractivity contribution is 0.405. The Morgan fingerprint density at radius 2 is 2.05 bits per heavy atom. The van der Waals surface area contributed by atoms with Crippen molar-refractivity contribution in [2.75, 3.05) is 7.11 Å². The second-order valence-corrected chi connectivity index (χ2v) is 6.68. The van der Waals surface area contributed by atoms with Crippen molar-refractivity contribution in [2.45, 2.75) is 35.2 Å². The number of methoxy groups -OCH3 is 1. The Hall–Kier alpha value is -1.16. The molecule has 110 valence electrons. The maximum Gasteiger partial charge on any atom is 0.132 e. The van der Waals surface area contributed by atoms with Crippen LogP contribution in [0.25, 0.3) is 0 Å². The topological polar surface area (TPSA) is 21.3 Å². The fraction of sp³-hybridized carbons (Fsp3) is 0.294. The summed E-state index contributed by atoms with van der Waals surface area (Å²) in [6.45, 7) is 0.850. The Labute approximate surface area is 134 Å². The van der Waals surface area contributed by atoms with Gasteiger partial charge in [-0.2, -0.15) is 0 Å². The van der Waals surface area contributed by atoms with Crippen molar-refractivity contribution < 1.29 is 4.74 Å². The van der Waals surface area contributed by atoms with Crippen LogP contribution in [-0.2, 0) is 6.54 Å². The van der Waals surface area contributed by atoms with E-state index in [1.165, 1.54) is 12.8 Å². The van der Waals surface area contributed by atoms with Crippen LogP contribution in [0.5, 0.6) is 5.75 Å². The van der Waals surface area contributed by atoms with E-state index in [1.54, 1.807) is 18.9 Å². The first-order valence-electron chi connectivity index (χ1n) is 7.09. The molecule has 0 bridgehead atoms. The van der Waals surface area contributed by atoms with Crippen molar-refractivity contribution in [1.82, 2.24) is 5.32 Å². The van der Waals surface area contributed by atoms with E-state index in [0.29, 0.717) is 6.04 Å². The summed E-state index contributed by atoms with van der Waals surface area (Å²) >= 11 is 8.06. The zero-order chi connectivity index (χ0) is 14.7. The predicted molar refractivity (Wildman–Crippen MR) is 88.4 cm³/mol. The Morgan fingerprint density at radius 1 is 1.24 bits per heavy atom. The number of ether oxygens (including phenoxy) is 1. The molecule has 4 heteroatoms. The summed E-state index contributed by atoms with van der Waals surface area (Å²) in [7, 11) is 1.69. The monoisotopic (exact) mass is 319 g/mol. The molecule has 1 aliphatic carbocycles. The number of rotatable bonds is 6. The second kappa shape index (κ2) is 6.73. The zero-order valence-electron chi connectivity index (χ0n) is 11.9. The Bertz CT molecular complexity index is 628. The van der Waals surface area contributed by atoms with Gasteiger partial charge >= 0.3 is 0 Å². The van der Waals surface area contributed by atoms with E-state index in [2.05, 4.69) is 23.5 Å². The lowest BCUT2D eigenvalue weighted by atomic mass is 10.2. The normalized spacial score (nSPS) is 14.2. The van der Waals surface area contributed by atoms with Crippen LogP contribution in [0.4, 0.5) is 0 Å². The van der Waals surface area contributed by atoms with Crippen molar-refractivity contribution in [2.24, 2.45) is 0 Å². The third kappa shape index (κ3) is 3.94. The number of benzene rings is 2. The summed E-state index contributed by atoms with van der Waals surface area (Å²) in [5.74, 6) is 0.887. The number of para-hydroxylation sites is 1. The maximum atomic E-state index is 6.39. The Kier molecular flexibility index (Phi) is 4.73. The van der Waals surface area contributed by atoms with Crippen LogP contribution in [0, 0.1) is 0 Å². The van der Waals surface area contributed by atoms with Gasteiger partial charge in [-0.05, 0) is 42.7 Å². The fourth-order valence-corrected chi connectivity index (χ4v) is 3.38. The van der Waals surface area contributed by atoms with E-state index in [9.17, 15) is 0 Å². The van der Waals surface area contributed by atoms with Gasteiger partial charge in [-0.25, -0.2) is 0 Å². The molecule has 21 heavy (non-hydrogen) atoms. The highest BCUT2D eigenvalue weighted by Crippen LogP contribution is 2.36. The van der Waals surface area contributed by atoms with Crippen LogP contribution in [-0.4, -0.2) is 13.2 Å². The third-order valence-corrected chi connectivity index (χ3v) is 4.88. The molecule has 3 rings (SSSR count). The van der Waals surface area contributed by atoms with Crippen molar-refractivity contribution in [3.63, 3.8) is 0 Å². The molecule has 2 nitrogen and oxygen atoms in total. The van der Waals surface area contributed by atoms with Crippen LogP contribution in [0.2, 0.25) is 5.02 Å². The molecule has 0 aliphatic heterocycles. The first kappa shape index (κ1) is 14.8. The SMILES string of the molecule is COc1ccccc1Sc1ccc(CNC2CC2)c(Cl)c1. The minimum Gasteiger partial charge on any atom is -0.496 e. The van der Waals surface area contributed by atoms with Crippen molar-refractivity contribution in [3.05, 3.63) is 53.1 Å². The van der Waals surface area contributed by atoms with Crippen LogP contribution >= 0.6 is 23.4 Å². The molecule has 2 aromatic carbocycles. The Balaban J connectivity index is 1.71. The molecule has 0 unspecified atom stereocenters. The number of nitrogens with one attached hydrogen (secondary N) is 1. The molecule has 0 spiro atoms. The van der Waals surface area contributed by atoms with E-state index in [1.807, 2.05) is 24.3 Å². The van der Waals surface area contributed by atoms with Gasteiger partial charge < -0.3 is 10.1 Å². The van der Waals surface area contributed by atoms with Gasteiger partial charge in [-0.15, -0.1) is 0 Å². The van der Waals surface area contributed by atoms with E-state index >= 15 is 0 Å². The molecule has 1 fully saturated rings. The van der Waals surface area contributed by atoms with E-state index in [4.69, 9.17) is 16.3 Å². The minimum atomic E-state index is 0.698. The molecule has 1 saturated carbocycles. The summed E-state index contributed by atoms with van der Waals surface area (Å²) in [5.41, 5.74) is 1.16. The maximum absolute atomic E-state index is 6.39. The zero-order valence-corrected chi connectivity index (χ0v) is 13.5. The first-order valence-corrected chi connectivity index (χ1v) is 8.28. The highest BCUT2D eigenvalue weighted by Gasteiger charge is 2.20. The molecule has 1 aliphatic rings. The number of hydrogen-bond acceptors (Lipinski definition) is 3. The molecular formula is C17H18ClNOS. The molecular weight excluding hydrogens is 302 g/mol. The summed E-state index contributed by atoms with van der Waals surface area (Å²) in [6, 6.07) is 15.0. The van der Waals surface area contributed by atoms with Gasteiger partial charge in [0.15, 0.2) is 0 Å². The standard InChI is InChI=1S/C17H18ClNOS/c1-20-16-4-2-3-5-17(16)21-14-9-6-12(15(18)10-14)11-19-13-7-8-13/h2-6,9-10,13,19H,7-8,11H2,1H3. The number of halogens is 1. The molecule has 0 atom stereocenters. The molecule has 0 saturated heterocycles. The first-order chi connectivity index (χ1) is 10.3. The summed E-state index contributed by atoms with van der Waals surface area (Å²) in [6.07, 6.45) is 2.58. The van der Waals surface area contributed by atoms with Crippen molar-refractivity contribution >= 4 is 23.4 Å². The van der Waals surface area contributed by atoms with Crippen LogP contribution in [0.1, 0.15) is 18.4 Å². The molecule has 0 radical (unpaired) electrons. The Morgan fingerprint density at radius 3 is 2.76 bits per heavy atom. The summed E-state index contributed by atoms with van der Waals surface area (Å²) in [4.78, 5) is 2.22. The smallest absolute Gasteiger partial charge is 0.132 e. The molecule has 0 amide bonds. The van der Waals surface area contributed by atoms with E-state index in [-0.39, 0.29) is 0 Å². The van der Waals surface area contributed by atoms with Gasteiger partial charge in [0.2, 0.25) is 0 Å². The third-order valence-electron chi connectivity index (χ3n) is 3.48. The van der Waals surface area contributed by atoms with Gasteiger partial charge in [0.25, 0.3) is 0 Å². The fourth-order valence-electron chi connectivity index (χ4n) is 2.11.